The Morgan fingerprint density at radius 3 is 2.44 bits per heavy atom. The molecule has 1 aromatic carbocycles. The van der Waals surface area contributed by atoms with Gasteiger partial charge in [0.05, 0.1) is 6.61 Å². The van der Waals surface area contributed by atoms with Crippen LogP contribution in [-0.2, 0) is 16.1 Å². The van der Waals surface area contributed by atoms with Crippen molar-refractivity contribution in [3.8, 4) is 0 Å². The van der Waals surface area contributed by atoms with Crippen molar-refractivity contribution in [1.82, 2.24) is 16.0 Å². The molecular formula is C19H29N3O3. The minimum Gasteiger partial charge on any atom is -0.383 e. The normalized spacial score (nSPS) is 14.4. The second-order valence-electron chi connectivity index (χ2n) is 6.39. The molecule has 0 unspecified atom stereocenters. The number of methoxy groups -OCH3 is 1. The predicted octanol–water partition coefficient (Wildman–Crippen LogP) is 1.46. The molecule has 6 heteroatoms. The van der Waals surface area contributed by atoms with Gasteiger partial charge in [-0.15, -0.1) is 0 Å². The highest BCUT2D eigenvalue weighted by Gasteiger charge is 2.22. The highest BCUT2D eigenvalue weighted by atomic mass is 16.5. The standard InChI is InChI=1S/C19H29N3O3/c1-25-13-12-20-10-11-21-18(23)17-8-6-15(7-9-17)14-22-19(24)16-4-2-3-5-16/h6-9,16,20H,2-5,10-14H2,1H3,(H,21,23)(H,22,24). The molecule has 2 amide bonds. The van der Waals surface area contributed by atoms with Gasteiger partial charge in [0.15, 0.2) is 0 Å². The van der Waals surface area contributed by atoms with Crippen LogP contribution in [0.5, 0.6) is 0 Å². The van der Waals surface area contributed by atoms with Crippen molar-refractivity contribution in [2.45, 2.75) is 32.2 Å². The van der Waals surface area contributed by atoms with E-state index in [1.54, 1.807) is 19.2 Å². The predicted molar refractivity (Wildman–Crippen MR) is 97.3 cm³/mol. The van der Waals surface area contributed by atoms with Crippen molar-refractivity contribution in [2.24, 2.45) is 5.92 Å². The van der Waals surface area contributed by atoms with Crippen LogP contribution in [0.4, 0.5) is 0 Å². The fraction of sp³-hybridized carbons (Fsp3) is 0.579. The summed E-state index contributed by atoms with van der Waals surface area (Å²) in [4.78, 5) is 24.1. The molecule has 1 fully saturated rings. The van der Waals surface area contributed by atoms with Crippen molar-refractivity contribution in [1.29, 1.82) is 0 Å². The minimum atomic E-state index is -0.0879. The number of rotatable bonds is 10. The van der Waals surface area contributed by atoms with Gasteiger partial charge in [0.25, 0.3) is 5.91 Å². The van der Waals surface area contributed by atoms with Crippen LogP contribution in [0.15, 0.2) is 24.3 Å². The summed E-state index contributed by atoms with van der Waals surface area (Å²) >= 11 is 0. The van der Waals surface area contributed by atoms with Gasteiger partial charge in [-0.1, -0.05) is 25.0 Å². The lowest BCUT2D eigenvalue weighted by Gasteiger charge is -2.11. The first-order valence-electron chi connectivity index (χ1n) is 9.05. The first kappa shape index (κ1) is 19.4. The lowest BCUT2D eigenvalue weighted by Crippen LogP contribution is -2.33. The molecule has 2 rings (SSSR count). The molecule has 0 heterocycles. The fourth-order valence-electron chi connectivity index (χ4n) is 2.96. The average Bonchev–Trinajstić information content (AvgIpc) is 3.17. The SMILES string of the molecule is COCCNCCNC(=O)c1ccc(CNC(=O)C2CCCC2)cc1. The van der Waals surface area contributed by atoms with Gasteiger partial charge >= 0.3 is 0 Å². The Hall–Kier alpha value is -1.92. The summed E-state index contributed by atoms with van der Waals surface area (Å²) in [7, 11) is 1.66. The van der Waals surface area contributed by atoms with Crippen molar-refractivity contribution in [2.75, 3.05) is 33.4 Å². The van der Waals surface area contributed by atoms with Crippen molar-refractivity contribution in [3.05, 3.63) is 35.4 Å². The second kappa shape index (κ2) is 10.8. The van der Waals surface area contributed by atoms with E-state index in [9.17, 15) is 9.59 Å². The molecule has 0 saturated heterocycles. The molecule has 138 valence electrons. The van der Waals surface area contributed by atoms with Crippen LogP contribution in [-0.4, -0.2) is 45.2 Å². The fourth-order valence-corrected chi connectivity index (χ4v) is 2.96. The van der Waals surface area contributed by atoms with E-state index in [0.717, 1.165) is 37.8 Å². The molecule has 0 bridgehead atoms. The van der Waals surface area contributed by atoms with Crippen molar-refractivity contribution >= 4 is 11.8 Å². The largest absolute Gasteiger partial charge is 0.383 e. The molecule has 0 spiro atoms. The van der Waals surface area contributed by atoms with E-state index in [4.69, 9.17) is 4.74 Å². The molecular weight excluding hydrogens is 318 g/mol. The number of carbonyl (C=O) groups is 2. The highest BCUT2D eigenvalue weighted by Crippen LogP contribution is 2.24. The summed E-state index contributed by atoms with van der Waals surface area (Å²) < 4.78 is 4.94. The zero-order chi connectivity index (χ0) is 17.9. The van der Waals surface area contributed by atoms with Crippen LogP contribution in [0, 0.1) is 5.92 Å². The number of nitrogens with one attached hydrogen (secondary N) is 3. The van der Waals surface area contributed by atoms with E-state index in [1.165, 1.54) is 0 Å². The van der Waals surface area contributed by atoms with E-state index in [2.05, 4.69) is 16.0 Å². The van der Waals surface area contributed by atoms with Gasteiger partial charge in [-0.25, -0.2) is 0 Å². The summed E-state index contributed by atoms with van der Waals surface area (Å²) in [6.07, 6.45) is 4.32. The summed E-state index contributed by atoms with van der Waals surface area (Å²) in [5.74, 6) is 0.248. The lowest BCUT2D eigenvalue weighted by atomic mass is 10.1. The topological polar surface area (TPSA) is 79.5 Å². The molecule has 1 aliphatic carbocycles. The molecule has 0 atom stereocenters. The van der Waals surface area contributed by atoms with E-state index < -0.39 is 0 Å². The number of amides is 2. The average molecular weight is 347 g/mol. The maximum absolute atomic E-state index is 12.1. The third-order valence-corrected chi connectivity index (χ3v) is 4.48. The van der Waals surface area contributed by atoms with E-state index in [0.29, 0.717) is 31.8 Å². The molecule has 1 saturated carbocycles. The number of ether oxygens (including phenoxy) is 1. The maximum Gasteiger partial charge on any atom is 0.251 e. The van der Waals surface area contributed by atoms with Crippen LogP contribution < -0.4 is 16.0 Å². The first-order chi connectivity index (χ1) is 12.2. The van der Waals surface area contributed by atoms with Crippen LogP contribution >= 0.6 is 0 Å². The van der Waals surface area contributed by atoms with Gasteiger partial charge in [-0.2, -0.15) is 0 Å². The number of carbonyl (C=O) groups excluding carboxylic acids is 2. The molecule has 3 N–H and O–H groups in total. The third-order valence-electron chi connectivity index (χ3n) is 4.48. The Morgan fingerprint density at radius 1 is 1.04 bits per heavy atom. The first-order valence-corrected chi connectivity index (χ1v) is 9.05. The zero-order valence-corrected chi connectivity index (χ0v) is 15.0. The number of hydrogen-bond donors (Lipinski definition) is 3. The Kier molecular flexibility index (Phi) is 8.42. The summed E-state index contributed by atoms with van der Waals surface area (Å²) in [5, 5.41) is 9.03. The Balaban J connectivity index is 1.67. The highest BCUT2D eigenvalue weighted by molar-refractivity contribution is 5.94. The molecule has 0 radical (unpaired) electrons. The smallest absolute Gasteiger partial charge is 0.251 e. The van der Waals surface area contributed by atoms with Crippen LogP contribution in [0.25, 0.3) is 0 Å². The molecule has 25 heavy (non-hydrogen) atoms. The summed E-state index contributed by atoms with van der Waals surface area (Å²) in [6, 6.07) is 7.37. The van der Waals surface area contributed by atoms with Gasteiger partial charge in [-0.05, 0) is 30.5 Å². The van der Waals surface area contributed by atoms with E-state index in [1.807, 2.05) is 12.1 Å². The summed E-state index contributed by atoms with van der Waals surface area (Å²) in [5.41, 5.74) is 1.63. The third kappa shape index (κ3) is 6.84. The van der Waals surface area contributed by atoms with Gasteiger partial charge in [0.1, 0.15) is 0 Å². The minimum absolute atomic E-state index is 0.0879. The second-order valence-corrected chi connectivity index (χ2v) is 6.39. The Bertz CT molecular complexity index is 539. The van der Waals surface area contributed by atoms with Crippen LogP contribution in [0.3, 0.4) is 0 Å². The monoisotopic (exact) mass is 347 g/mol. The lowest BCUT2D eigenvalue weighted by molar-refractivity contribution is -0.124. The zero-order valence-electron chi connectivity index (χ0n) is 15.0. The van der Waals surface area contributed by atoms with Gasteiger partial charge in [-0.3, -0.25) is 9.59 Å². The van der Waals surface area contributed by atoms with Gasteiger partial charge in [0.2, 0.25) is 5.91 Å². The Morgan fingerprint density at radius 2 is 1.76 bits per heavy atom. The quantitative estimate of drug-likeness (QED) is 0.560. The molecule has 1 aromatic rings. The molecule has 6 nitrogen and oxygen atoms in total. The van der Waals surface area contributed by atoms with Gasteiger partial charge < -0.3 is 20.7 Å². The maximum atomic E-state index is 12.1. The molecule has 0 aromatic heterocycles. The molecule has 1 aliphatic rings. The molecule has 0 aliphatic heterocycles. The summed E-state index contributed by atoms with van der Waals surface area (Å²) in [6.45, 7) is 3.23. The number of hydrogen-bond acceptors (Lipinski definition) is 4. The van der Waals surface area contributed by atoms with Crippen LogP contribution in [0.1, 0.15) is 41.6 Å². The van der Waals surface area contributed by atoms with Crippen LogP contribution in [0.2, 0.25) is 0 Å². The number of benzene rings is 1. The van der Waals surface area contributed by atoms with Gasteiger partial charge in [0, 0.05) is 44.8 Å². The van der Waals surface area contributed by atoms with E-state index >= 15 is 0 Å². The van der Waals surface area contributed by atoms with Crippen molar-refractivity contribution in [3.63, 3.8) is 0 Å². The van der Waals surface area contributed by atoms with Crippen molar-refractivity contribution < 1.29 is 14.3 Å². The Labute approximate surface area is 149 Å². The van der Waals surface area contributed by atoms with E-state index in [-0.39, 0.29) is 17.7 Å².